The van der Waals surface area contributed by atoms with Gasteiger partial charge in [-0.1, -0.05) is 35.9 Å². The van der Waals surface area contributed by atoms with Crippen molar-refractivity contribution in [2.75, 3.05) is 10.9 Å². The number of aromatic nitrogens is 2. The summed E-state index contributed by atoms with van der Waals surface area (Å²) < 4.78 is 24.8. The summed E-state index contributed by atoms with van der Waals surface area (Å²) in [5, 5.41) is 11.5. The highest BCUT2D eigenvalue weighted by molar-refractivity contribution is 7.89. The van der Waals surface area contributed by atoms with E-state index in [2.05, 4.69) is 26.2 Å². The molecule has 160 valence electrons. The maximum atomic E-state index is 12.4. The zero-order chi connectivity index (χ0) is 22.4. The molecule has 0 spiro atoms. The van der Waals surface area contributed by atoms with Gasteiger partial charge < -0.3 is 0 Å². The molecule has 0 fully saturated rings. The summed E-state index contributed by atoms with van der Waals surface area (Å²) in [7, 11) is -4.03. The molecule has 1 heterocycles. The molecule has 0 aliphatic carbocycles. The first kappa shape index (κ1) is 21.6. The van der Waals surface area contributed by atoms with E-state index in [0.717, 1.165) is 11.9 Å². The standard InChI is InChI=1S/C18H17N7O5S/c1-12-7-9-14(10-8-12)31(29,30)24-22-17-15(25(27)28)16(19-11-20-17)21-23-18(26)13-5-3-2-4-6-13/h2-11,24H,1H3,(H,23,26)(H2,19,20,21,22). The summed E-state index contributed by atoms with van der Waals surface area (Å²) in [5.74, 6) is -1.32. The van der Waals surface area contributed by atoms with Crippen LogP contribution in [0.4, 0.5) is 17.3 Å². The number of carbonyl (C=O) groups excluding carboxylic acids is 1. The molecule has 0 unspecified atom stereocenters. The predicted octanol–water partition coefficient (Wildman–Crippen LogP) is 1.76. The summed E-state index contributed by atoms with van der Waals surface area (Å²) in [6.07, 6.45) is 0.965. The van der Waals surface area contributed by atoms with Gasteiger partial charge in [0.2, 0.25) is 11.6 Å². The molecule has 0 atom stereocenters. The van der Waals surface area contributed by atoms with Crippen molar-refractivity contribution in [3.63, 3.8) is 0 Å². The Bertz CT molecular complexity index is 1200. The zero-order valence-corrected chi connectivity index (χ0v) is 16.9. The van der Waals surface area contributed by atoms with Crippen LogP contribution in [0.2, 0.25) is 0 Å². The second-order valence-corrected chi connectivity index (χ2v) is 7.85. The van der Waals surface area contributed by atoms with Gasteiger partial charge in [0, 0.05) is 5.56 Å². The summed E-state index contributed by atoms with van der Waals surface area (Å²) in [4.78, 5) is 32.3. The number of benzene rings is 2. The second-order valence-electron chi connectivity index (χ2n) is 6.17. The molecule has 2 aromatic carbocycles. The van der Waals surface area contributed by atoms with Gasteiger partial charge in [-0.15, -0.1) is 4.83 Å². The summed E-state index contributed by atoms with van der Waals surface area (Å²) in [5.41, 5.74) is 7.38. The fourth-order valence-corrected chi connectivity index (χ4v) is 3.25. The number of anilines is 2. The van der Waals surface area contributed by atoms with E-state index in [9.17, 15) is 23.3 Å². The van der Waals surface area contributed by atoms with Crippen molar-refractivity contribution >= 4 is 33.3 Å². The van der Waals surface area contributed by atoms with Crippen molar-refractivity contribution in [1.29, 1.82) is 0 Å². The molecule has 0 saturated carbocycles. The number of carbonyl (C=O) groups is 1. The molecule has 4 N–H and O–H groups in total. The largest absolute Gasteiger partial charge is 0.356 e. The van der Waals surface area contributed by atoms with E-state index in [-0.39, 0.29) is 10.7 Å². The zero-order valence-electron chi connectivity index (χ0n) is 16.1. The van der Waals surface area contributed by atoms with Gasteiger partial charge in [-0.25, -0.2) is 18.4 Å². The Labute approximate surface area is 176 Å². The molecule has 13 heteroatoms. The highest BCUT2D eigenvalue weighted by Gasteiger charge is 2.25. The molecular weight excluding hydrogens is 426 g/mol. The lowest BCUT2D eigenvalue weighted by atomic mass is 10.2. The molecule has 1 aromatic heterocycles. The third-order valence-corrected chi connectivity index (χ3v) is 5.23. The third-order valence-electron chi connectivity index (χ3n) is 3.97. The third kappa shape index (κ3) is 5.29. The number of hydrogen-bond acceptors (Lipinski definition) is 9. The van der Waals surface area contributed by atoms with Crippen molar-refractivity contribution < 1.29 is 18.1 Å². The van der Waals surface area contributed by atoms with Gasteiger partial charge in [0.1, 0.15) is 6.33 Å². The van der Waals surface area contributed by atoms with E-state index < -0.39 is 32.4 Å². The Kier molecular flexibility index (Phi) is 6.37. The molecule has 3 aromatic rings. The minimum Gasteiger partial charge on any atom is -0.286 e. The Morgan fingerprint density at radius 1 is 0.968 bits per heavy atom. The van der Waals surface area contributed by atoms with E-state index in [4.69, 9.17) is 0 Å². The van der Waals surface area contributed by atoms with Crippen LogP contribution in [0, 0.1) is 17.0 Å². The lowest BCUT2D eigenvalue weighted by Crippen LogP contribution is -2.32. The Morgan fingerprint density at radius 3 is 2.19 bits per heavy atom. The maximum Gasteiger partial charge on any atom is 0.356 e. The van der Waals surface area contributed by atoms with Crippen LogP contribution in [0.15, 0.2) is 65.8 Å². The first-order valence-corrected chi connectivity index (χ1v) is 10.2. The first-order chi connectivity index (χ1) is 14.8. The normalized spacial score (nSPS) is 10.9. The van der Waals surface area contributed by atoms with E-state index >= 15 is 0 Å². The van der Waals surface area contributed by atoms with E-state index in [0.29, 0.717) is 5.56 Å². The summed E-state index contributed by atoms with van der Waals surface area (Å²) in [6, 6.07) is 14.2. The topological polar surface area (TPSA) is 168 Å². The lowest BCUT2D eigenvalue weighted by Gasteiger charge is -2.12. The van der Waals surface area contributed by atoms with Crippen molar-refractivity contribution in [3.8, 4) is 0 Å². The van der Waals surface area contributed by atoms with Crippen LogP contribution in [-0.4, -0.2) is 29.2 Å². The molecule has 0 aliphatic heterocycles. The van der Waals surface area contributed by atoms with Gasteiger partial charge in [-0.05, 0) is 31.2 Å². The van der Waals surface area contributed by atoms with Gasteiger partial charge in [0.05, 0.1) is 9.82 Å². The molecule has 0 aliphatic rings. The van der Waals surface area contributed by atoms with Crippen LogP contribution in [0.1, 0.15) is 15.9 Å². The molecule has 0 bridgehead atoms. The highest BCUT2D eigenvalue weighted by Crippen LogP contribution is 2.28. The number of rotatable bonds is 8. The number of nitrogens with one attached hydrogen (secondary N) is 4. The summed E-state index contributed by atoms with van der Waals surface area (Å²) >= 11 is 0. The van der Waals surface area contributed by atoms with Crippen molar-refractivity contribution in [2.45, 2.75) is 11.8 Å². The quantitative estimate of drug-likeness (QED) is 0.299. The lowest BCUT2D eigenvalue weighted by molar-refractivity contribution is -0.383. The fourth-order valence-electron chi connectivity index (χ4n) is 2.40. The van der Waals surface area contributed by atoms with Crippen LogP contribution in [0.5, 0.6) is 0 Å². The smallest absolute Gasteiger partial charge is 0.286 e. The second kappa shape index (κ2) is 9.15. The molecule has 31 heavy (non-hydrogen) atoms. The number of amides is 1. The Hall–Kier alpha value is -4.10. The average molecular weight is 443 g/mol. The van der Waals surface area contributed by atoms with E-state index in [1.54, 1.807) is 49.4 Å². The first-order valence-electron chi connectivity index (χ1n) is 8.73. The van der Waals surface area contributed by atoms with Crippen LogP contribution in [-0.2, 0) is 10.0 Å². The van der Waals surface area contributed by atoms with Crippen LogP contribution in [0.25, 0.3) is 0 Å². The Balaban J connectivity index is 1.77. The molecule has 1 amide bonds. The minimum atomic E-state index is -4.03. The number of nitrogens with zero attached hydrogens (tertiary/aromatic N) is 3. The van der Waals surface area contributed by atoms with Crippen LogP contribution in [0.3, 0.4) is 0 Å². The monoisotopic (exact) mass is 443 g/mol. The highest BCUT2D eigenvalue weighted by atomic mass is 32.2. The predicted molar refractivity (Wildman–Crippen MR) is 111 cm³/mol. The molecule has 12 nitrogen and oxygen atoms in total. The maximum absolute atomic E-state index is 12.4. The molecular formula is C18H17N7O5S. The number of hydrazine groups is 2. The molecule has 0 saturated heterocycles. The number of hydrogen-bond donors (Lipinski definition) is 4. The van der Waals surface area contributed by atoms with Gasteiger partial charge in [0.15, 0.2) is 0 Å². The number of aryl methyl sites for hydroxylation is 1. The molecule has 3 rings (SSSR count). The SMILES string of the molecule is Cc1ccc(S(=O)(=O)NNc2ncnc(NNC(=O)c3ccccc3)c2[N+](=O)[O-])cc1. The Morgan fingerprint density at radius 2 is 1.58 bits per heavy atom. The molecule has 0 radical (unpaired) electrons. The van der Waals surface area contributed by atoms with E-state index in [1.165, 1.54) is 12.1 Å². The van der Waals surface area contributed by atoms with Crippen molar-refractivity contribution in [1.82, 2.24) is 20.2 Å². The number of sulfonamides is 1. The van der Waals surface area contributed by atoms with Crippen molar-refractivity contribution in [3.05, 3.63) is 82.2 Å². The van der Waals surface area contributed by atoms with Gasteiger partial charge in [-0.3, -0.25) is 31.2 Å². The van der Waals surface area contributed by atoms with Crippen LogP contribution < -0.4 is 21.1 Å². The van der Waals surface area contributed by atoms with E-state index in [1.807, 2.05) is 4.83 Å². The minimum absolute atomic E-state index is 0.0456. The van der Waals surface area contributed by atoms with Gasteiger partial charge in [0.25, 0.3) is 15.9 Å². The van der Waals surface area contributed by atoms with Gasteiger partial charge >= 0.3 is 5.69 Å². The van der Waals surface area contributed by atoms with Crippen LogP contribution >= 0.6 is 0 Å². The van der Waals surface area contributed by atoms with Crippen molar-refractivity contribution in [2.24, 2.45) is 0 Å². The fraction of sp³-hybridized carbons (Fsp3) is 0.0556. The number of nitro groups is 1. The average Bonchev–Trinajstić information content (AvgIpc) is 2.76. The van der Waals surface area contributed by atoms with Gasteiger partial charge in [-0.2, -0.15) is 0 Å². The summed E-state index contributed by atoms with van der Waals surface area (Å²) in [6.45, 7) is 1.80.